The number of halogens is 1. The van der Waals surface area contributed by atoms with Gasteiger partial charge in [0.05, 0.1) is 6.54 Å². The molecule has 96 valence electrons. The minimum absolute atomic E-state index is 0.206. The standard InChI is InChI=1S/C14H18FN3/c1-11(2)9-17-14-16-7-8-18(14)10-12-3-5-13(15)6-4-12/h3-8,11H,9-10H2,1-2H3,(H,16,17). The van der Waals surface area contributed by atoms with Gasteiger partial charge in [-0.1, -0.05) is 26.0 Å². The van der Waals surface area contributed by atoms with E-state index in [0.29, 0.717) is 12.5 Å². The molecule has 0 bridgehead atoms. The second kappa shape index (κ2) is 5.67. The number of aromatic nitrogens is 2. The van der Waals surface area contributed by atoms with E-state index < -0.39 is 0 Å². The molecule has 0 aliphatic rings. The van der Waals surface area contributed by atoms with E-state index >= 15 is 0 Å². The quantitative estimate of drug-likeness (QED) is 0.879. The van der Waals surface area contributed by atoms with Crippen LogP contribution in [0.4, 0.5) is 10.3 Å². The van der Waals surface area contributed by atoms with E-state index in [4.69, 9.17) is 0 Å². The molecule has 0 unspecified atom stereocenters. The summed E-state index contributed by atoms with van der Waals surface area (Å²) in [6.07, 6.45) is 3.69. The molecule has 18 heavy (non-hydrogen) atoms. The lowest BCUT2D eigenvalue weighted by atomic mass is 10.2. The zero-order chi connectivity index (χ0) is 13.0. The van der Waals surface area contributed by atoms with Crippen molar-refractivity contribution in [2.24, 2.45) is 5.92 Å². The topological polar surface area (TPSA) is 29.9 Å². The van der Waals surface area contributed by atoms with Gasteiger partial charge in [0, 0.05) is 18.9 Å². The summed E-state index contributed by atoms with van der Waals surface area (Å²) in [5, 5.41) is 3.30. The number of benzene rings is 1. The zero-order valence-electron chi connectivity index (χ0n) is 10.7. The summed E-state index contributed by atoms with van der Waals surface area (Å²) in [6, 6.07) is 6.55. The Hall–Kier alpha value is -1.84. The molecule has 0 aliphatic heterocycles. The Morgan fingerprint density at radius 1 is 1.28 bits per heavy atom. The Morgan fingerprint density at radius 3 is 2.67 bits per heavy atom. The summed E-state index contributed by atoms with van der Waals surface area (Å²) in [4.78, 5) is 4.28. The van der Waals surface area contributed by atoms with Gasteiger partial charge < -0.3 is 9.88 Å². The highest BCUT2D eigenvalue weighted by Gasteiger charge is 2.04. The van der Waals surface area contributed by atoms with Crippen molar-refractivity contribution in [1.82, 2.24) is 9.55 Å². The van der Waals surface area contributed by atoms with Gasteiger partial charge in [-0.05, 0) is 23.6 Å². The van der Waals surface area contributed by atoms with E-state index in [-0.39, 0.29) is 5.82 Å². The fourth-order valence-corrected chi connectivity index (χ4v) is 1.69. The van der Waals surface area contributed by atoms with Crippen LogP contribution in [0.25, 0.3) is 0 Å². The summed E-state index contributed by atoms with van der Waals surface area (Å²) < 4.78 is 14.8. The van der Waals surface area contributed by atoms with Gasteiger partial charge >= 0.3 is 0 Å². The molecule has 1 N–H and O–H groups in total. The van der Waals surface area contributed by atoms with Crippen molar-refractivity contribution in [2.45, 2.75) is 20.4 Å². The molecule has 0 fully saturated rings. The monoisotopic (exact) mass is 247 g/mol. The zero-order valence-corrected chi connectivity index (χ0v) is 10.7. The second-order valence-electron chi connectivity index (χ2n) is 4.78. The summed E-state index contributed by atoms with van der Waals surface area (Å²) in [7, 11) is 0. The Balaban J connectivity index is 2.05. The maximum atomic E-state index is 12.8. The number of imidazole rings is 1. The molecule has 1 aromatic heterocycles. The average molecular weight is 247 g/mol. The molecule has 1 heterocycles. The van der Waals surface area contributed by atoms with Gasteiger partial charge in [0.1, 0.15) is 5.82 Å². The third-order valence-electron chi connectivity index (χ3n) is 2.65. The van der Waals surface area contributed by atoms with E-state index in [1.165, 1.54) is 12.1 Å². The third-order valence-corrected chi connectivity index (χ3v) is 2.65. The molecule has 0 aliphatic carbocycles. The molecule has 2 aromatic rings. The molecule has 0 atom stereocenters. The number of nitrogens with one attached hydrogen (secondary N) is 1. The molecule has 0 radical (unpaired) electrons. The fraction of sp³-hybridized carbons (Fsp3) is 0.357. The minimum atomic E-state index is -0.206. The second-order valence-corrected chi connectivity index (χ2v) is 4.78. The summed E-state index contributed by atoms with van der Waals surface area (Å²) >= 11 is 0. The number of nitrogens with zero attached hydrogens (tertiary/aromatic N) is 2. The van der Waals surface area contributed by atoms with E-state index in [1.54, 1.807) is 18.3 Å². The smallest absolute Gasteiger partial charge is 0.203 e. The molecule has 0 amide bonds. The lowest BCUT2D eigenvalue weighted by Gasteiger charge is -2.11. The van der Waals surface area contributed by atoms with Crippen LogP contribution in [0.5, 0.6) is 0 Å². The molecule has 0 saturated carbocycles. The first-order chi connectivity index (χ1) is 8.65. The van der Waals surface area contributed by atoms with Crippen molar-refractivity contribution < 1.29 is 4.39 Å². The molecule has 1 aromatic carbocycles. The minimum Gasteiger partial charge on any atom is -0.355 e. The van der Waals surface area contributed by atoms with E-state index in [1.807, 2.05) is 10.8 Å². The number of hydrogen-bond donors (Lipinski definition) is 1. The average Bonchev–Trinajstić information content (AvgIpc) is 2.77. The summed E-state index contributed by atoms with van der Waals surface area (Å²) in [5.41, 5.74) is 1.06. The number of anilines is 1. The maximum absolute atomic E-state index is 12.8. The largest absolute Gasteiger partial charge is 0.355 e. The van der Waals surface area contributed by atoms with Crippen molar-refractivity contribution in [3.05, 3.63) is 48.0 Å². The van der Waals surface area contributed by atoms with Crippen LogP contribution in [0.2, 0.25) is 0 Å². The Morgan fingerprint density at radius 2 is 2.00 bits per heavy atom. The van der Waals surface area contributed by atoms with Gasteiger partial charge in [-0.25, -0.2) is 9.37 Å². The normalized spacial score (nSPS) is 10.9. The van der Waals surface area contributed by atoms with Gasteiger partial charge in [-0.3, -0.25) is 0 Å². The Labute approximate surface area is 107 Å². The lowest BCUT2D eigenvalue weighted by molar-refractivity contribution is 0.626. The van der Waals surface area contributed by atoms with Gasteiger partial charge in [-0.2, -0.15) is 0 Å². The van der Waals surface area contributed by atoms with Crippen molar-refractivity contribution in [1.29, 1.82) is 0 Å². The first kappa shape index (κ1) is 12.6. The van der Waals surface area contributed by atoms with Crippen molar-refractivity contribution in [3.63, 3.8) is 0 Å². The van der Waals surface area contributed by atoms with Crippen LogP contribution in [-0.2, 0) is 6.54 Å². The van der Waals surface area contributed by atoms with Crippen LogP contribution < -0.4 is 5.32 Å². The van der Waals surface area contributed by atoms with Crippen molar-refractivity contribution in [2.75, 3.05) is 11.9 Å². The maximum Gasteiger partial charge on any atom is 0.203 e. The highest BCUT2D eigenvalue weighted by molar-refractivity contribution is 5.28. The highest BCUT2D eigenvalue weighted by Crippen LogP contribution is 2.10. The first-order valence-electron chi connectivity index (χ1n) is 6.14. The molecular formula is C14H18FN3. The lowest BCUT2D eigenvalue weighted by Crippen LogP contribution is -2.13. The first-order valence-corrected chi connectivity index (χ1v) is 6.14. The molecule has 4 heteroatoms. The van der Waals surface area contributed by atoms with Crippen LogP contribution in [0.15, 0.2) is 36.7 Å². The number of hydrogen-bond acceptors (Lipinski definition) is 2. The fourth-order valence-electron chi connectivity index (χ4n) is 1.69. The molecule has 3 nitrogen and oxygen atoms in total. The van der Waals surface area contributed by atoms with Crippen molar-refractivity contribution >= 4 is 5.95 Å². The van der Waals surface area contributed by atoms with Gasteiger partial charge in [0.25, 0.3) is 0 Å². The van der Waals surface area contributed by atoms with Crippen LogP contribution in [0, 0.1) is 11.7 Å². The summed E-state index contributed by atoms with van der Waals surface area (Å²) in [5.74, 6) is 1.22. The van der Waals surface area contributed by atoms with Crippen LogP contribution >= 0.6 is 0 Å². The van der Waals surface area contributed by atoms with E-state index in [2.05, 4.69) is 24.1 Å². The molecule has 0 saturated heterocycles. The van der Waals surface area contributed by atoms with E-state index in [9.17, 15) is 4.39 Å². The van der Waals surface area contributed by atoms with Gasteiger partial charge in [-0.15, -0.1) is 0 Å². The van der Waals surface area contributed by atoms with Crippen LogP contribution in [-0.4, -0.2) is 16.1 Å². The Kier molecular flexibility index (Phi) is 3.97. The molecule has 0 spiro atoms. The highest BCUT2D eigenvalue weighted by atomic mass is 19.1. The van der Waals surface area contributed by atoms with Gasteiger partial charge in [0.15, 0.2) is 0 Å². The predicted octanol–water partition coefficient (Wildman–Crippen LogP) is 3.14. The van der Waals surface area contributed by atoms with Gasteiger partial charge in [0.2, 0.25) is 5.95 Å². The third kappa shape index (κ3) is 3.32. The van der Waals surface area contributed by atoms with Crippen LogP contribution in [0.3, 0.4) is 0 Å². The van der Waals surface area contributed by atoms with Crippen molar-refractivity contribution in [3.8, 4) is 0 Å². The number of rotatable bonds is 5. The van der Waals surface area contributed by atoms with E-state index in [0.717, 1.165) is 18.1 Å². The molecular weight excluding hydrogens is 229 g/mol. The molecule has 2 rings (SSSR count). The Bertz CT molecular complexity index is 488. The SMILES string of the molecule is CC(C)CNc1nccn1Cc1ccc(F)cc1. The predicted molar refractivity (Wildman–Crippen MR) is 71.1 cm³/mol. The summed E-state index contributed by atoms with van der Waals surface area (Å²) in [6.45, 7) is 5.89. The van der Waals surface area contributed by atoms with Crippen LogP contribution in [0.1, 0.15) is 19.4 Å².